The summed E-state index contributed by atoms with van der Waals surface area (Å²) in [6, 6.07) is 14.1. The van der Waals surface area contributed by atoms with E-state index in [2.05, 4.69) is 13.0 Å². The molecule has 2 aromatic carbocycles. The van der Waals surface area contributed by atoms with Gasteiger partial charge in [0.15, 0.2) is 0 Å². The van der Waals surface area contributed by atoms with Crippen LogP contribution in [-0.4, -0.2) is 4.98 Å². The maximum atomic E-state index is 6.50. The maximum absolute atomic E-state index is 6.50. The summed E-state index contributed by atoms with van der Waals surface area (Å²) >= 11 is 0. The minimum atomic E-state index is 0. The van der Waals surface area contributed by atoms with E-state index < -0.39 is 0 Å². The third-order valence-electron chi connectivity index (χ3n) is 4.75. The van der Waals surface area contributed by atoms with Crippen molar-refractivity contribution in [1.29, 1.82) is 0 Å². The fraction of sp³-hybridized carbons (Fsp3) is 0.286. The normalized spacial score (nSPS) is 13.6. The molecule has 4 heteroatoms. The number of hydrogen-bond acceptors (Lipinski definition) is 3. The van der Waals surface area contributed by atoms with Crippen LogP contribution in [0.25, 0.3) is 10.9 Å². The van der Waals surface area contributed by atoms with Crippen molar-refractivity contribution in [3.63, 3.8) is 0 Å². The van der Waals surface area contributed by atoms with Gasteiger partial charge in [0.2, 0.25) is 0 Å². The first-order valence-corrected chi connectivity index (χ1v) is 8.66. The van der Waals surface area contributed by atoms with Crippen molar-refractivity contribution in [3.8, 4) is 11.5 Å². The van der Waals surface area contributed by atoms with E-state index in [1.54, 1.807) is 0 Å². The number of benzene rings is 2. The monoisotopic (exact) mass is 354 g/mol. The third-order valence-corrected chi connectivity index (χ3v) is 4.75. The molecular weight excluding hydrogens is 332 g/mol. The average molecular weight is 355 g/mol. The lowest BCUT2D eigenvalue weighted by atomic mass is 10.0. The van der Waals surface area contributed by atoms with Gasteiger partial charge in [-0.1, -0.05) is 18.6 Å². The van der Waals surface area contributed by atoms with E-state index in [1.165, 1.54) is 36.1 Å². The van der Waals surface area contributed by atoms with Crippen LogP contribution in [-0.2, 0) is 12.8 Å². The molecule has 0 unspecified atom stereocenters. The number of aromatic nitrogens is 1. The topological polar surface area (TPSA) is 48.1 Å². The molecule has 0 bridgehead atoms. The van der Waals surface area contributed by atoms with Crippen molar-refractivity contribution >= 4 is 29.0 Å². The predicted molar refractivity (Wildman–Crippen MR) is 106 cm³/mol. The van der Waals surface area contributed by atoms with E-state index in [4.69, 9.17) is 15.5 Å². The van der Waals surface area contributed by atoms with Gasteiger partial charge in [0.1, 0.15) is 11.5 Å². The molecule has 1 aliphatic carbocycles. The molecule has 0 aliphatic heterocycles. The van der Waals surface area contributed by atoms with Crippen LogP contribution in [0, 0.1) is 6.92 Å². The van der Waals surface area contributed by atoms with Crippen molar-refractivity contribution in [2.24, 2.45) is 0 Å². The molecule has 130 valence electrons. The SMILES string of the molecule is Cc1cccc(Oc2ccc3nc4c(c(N)c3c2)CCCCC4)c1.Cl. The Morgan fingerprint density at radius 1 is 0.960 bits per heavy atom. The second-order valence-corrected chi connectivity index (χ2v) is 6.61. The minimum absolute atomic E-state index is 0. The molecule has 0 saturated carbocycles. The number of nitrogen functional groups attached to an aromatic ring is 1. The number of aryl methyl sites for hydroxylation is 2. The summed E-state index contributed by atoms with van der Waals surface area (Å²) in [6.07, 6.45) is 5.74. The number of halogens is 1. The van der Waals surface area contributed by atoms with Crippen LogP contribution in [0.4, 0.5) is 5.69 Å². The largest absolute Gasteiger partial charge is 0.457 e. The first-order chi connectivity index (χ1) is 11.7. The van der Waals surface area contributed by atoms with Gasteiger partial charge in [-0.15, -0.1) is 12.4 Å². The number of nitrogens with two attached hydrogens (primary N) is 1. The van der Waals surface area contributed by atoms with Gasteiger partial charge in [0, 0.05) is 16.8 Å². The molecule has 3 nitrogen and oxygen atoms in total. The van der Waals surface area contributed by atoms with Gasteiger partial charge in [-0.3, -0.25) is 4.98 Å². The Labute approximate surface area is 154 Å². The molecule has 0 amide bonds. The van der Waals surface area contributed by atoms with Crippen molar-refractivity contribution in [1.82, 2.24) is 4.98 Å². The summed E-state index contributed by atoms with van der Waals surface area (Å²) in [4.78, 5) is 4.86. The van der Waals surface area contributed by atoms with Gasteiger partial charge >= 0.3 is 0 Å². The van der Waals surface area contributed by atoms with Crippen LogP contribution in [0.2, 0.25) is 0 Å². The lowest BCUT2D eigenvalue weighted by molar-refractivity contribution is 0.483. The number of rotatable bonds is 2. The molecule has 3 aromatic rings. The van der Waals surface area contributed by atoms with Crippen LogP contribution < -0.4 is 10.5 Å². The van der Waals surface area contributed by atoms with Gasteiger partial charge in [-0.25, -0.2) is 0 Å². The van der Waals surface area contributed by atoms with Crippen LogP contribution >= 0.6 is 12.4 Å². The van der Waals surface area contributed by atoms with Gasteiger partial charge in [-0.2, -0.15) is 0 Å². The second kappa shape index (κ2) is 7.32. The molecule has 1 aromatic heterocycles. The van der Waals surface area contributed by atoms with Gasteiger partial charge < -0.3 is 10.5 Å². The molecular formula is C21H23ClN2O. The van der Waals surface area contributed by atoms with E-state index in [-0.39, 0.29) is 12.4 Å². The molecule has 2 N–H and O–H groups in total. The molecule has 1 heterocycles. The summed E-state index contributed by atoms with van der Waals surface area (Å²) in [6.45, 7) is 2.06. The van der Waals surface area contributed by atoms with Crippen LogP contribution in [0.3, 0.4) is 0 Å². The summed E-state index contributed by atoms with van der Waals surface area (Å²) < 4.78 is 6.01. The molecule has 0 radical (unpaired) electrons. The van der Waals surface area contributed by atoms with Crippen LogP contribution in [0.15, 0.2) is 42.5 Å². The highest BCUT2D eigenvalue weighted by Crippen LogP contribution is 2.33. The fourth-order valence-electron chi connectivity index (χ4n) is 3.49. The zero-order valence-electron chi connectivity index (χ0n) is 14.4. The quantitative estimate of drug-likeness (QED) is 0.608. The van der Waals surface area contributed by atoms with Crippen molar-refractivity contribution < 1.29 is 4.74 Å². The molecule has 0 fully saturated rings. The van der Waals surface area contributed by atoms with E-state index in [0.717, 1.165) is 40.9 Å². The molecule has 0 atom stereocenters. The van der Waals surface area contributed by atoms with Crippen molar-refractivity contribution in [2.75, 3.05) is 5.73 Å². The van der Waals surface area contributed by atoms with Crippen LogP contribution in [0.5, 0.6) is 11.5 Å². The van der Waals surface area contributed by atoms with Gasteiger partial charge in [0.25, 0.3) is 0 Å². The first kappa shape index (κ1) is 17.6. The number of nitrogens with zero attached hydrogens (tertiary/aromatic N) is 1. The highest BCUT2D eigenvalue weighted by atomic mass is 35.5. The van der Waals surface area contributed by atoms with Crippen LogP contribution in [0.1, 0.15) is 36.1 Å². The van der Waals surface area contributed by atoms with Gasteiger partial charge in [0.05, 0.1) is 5.52 Å². The summed E-state index contributed by atoms with van der Waals surface area (Å²) in [5.41, 5.74) is 12.0. The van der Waals surface area contributed by atoms with E-state index in [9.17, 15) is 0 Å². The third kappa shape index (κ3) is 3.57. The summed E-state index contributed by atoms with van der Waals surface area (Å²) in [7, 11) is 0. The van der Waals surface area contributed by atoms with E-state index in [0.29, 0.717) is 0 Å². The van der Waals surface area contributed by atoms with E-state index >= 15 is 0 Å². The predicted octanol–water partition coefficient (Wildman–Crippen LogP) is 5.61. The zero-order chi connectivity index (χ0) is 16.5. The van der Waals surface area contributed by atoms with E-state index in [1.807, 2.05) is 36.4 Å². The lowest BCUT2D eigenvalue weighted by Crippen LogP contribution is -2.03. The Hall–Kier alpha value is -2.26. The number of ether oxygens (including phenoxy) is 1. The molecule has 4 rings (SSSR count). The second-order valence-electron chi connectivity index (χ2n) is 6.61. The number of fused-ring (bicyclic) bond motifs is 2. The number of hydrogen-bond donors (Lipinski definition) is 1. The lowest BCUT2D eigenvalue weighted by Gasteiger charge is -2.13. The smallest absolute Gasteiger partial charge is 0.128 e. The summed E-state index contributed by atoms with van der Waals surface area (Å²) in [5.74, 6) is 1.64. The minimum Gasteiger partial charge on any atom is -0.457 e. The Kier molecular flexibility index (Phi) is 5.14. The fourth-order valence-corrected chi connectivity index (χ4v) is 3.49. The zero-order valence-corrected chi connectivity index (χ0v) is 15.2. The maximum Gasteiger partial charge on any atom is 0.128 e. The molecule has 1 aliphatic rings. The number of pyridine rings is 1. The van der Waals surface area contributed by atoms with Gasteiger partial charge in [-0.05, 0) is 74.1 Å². The molecule has 25 heavy (non-hydrogen) atoms. The number of anilines is 1. The highest BCUT2D eigenvalue weighted by Gasteiger charge is 2.16. The standard InChI is InChI=1S/C21H22N2O.ClH/c1-14-6-5-7-15(12-14)24-16-10-11-20-18(13-16)21(22)17-8-3-2-4-9-19(17)23-20;/h5-7,10-13H,2-4,8-9H2,1H3,(H2,22,23);1H. The first-order valence-electron chi connectivity index (χ1n) is 8.66. The van der Waals surface area contributed by atoms with Crippen molar-refractivity contribution in [2.45, 2.75) is 39.0 Å². The highest BCUT2D eigenvalue weighted by molar-refractivity contribution is 5.93. The van der Waals surface area contributed by atoms with Crippen molar-refractivity contribution in [3.05, 3.63) is 59.3 Å². The Bertz CT molecular complexity index is 908. The Balaban J connectivity index is 0.00000182. The molecule has 0 saturated heterocycles. The summed E-state index contributed by atoms with van der Waals surface area (Å²) in [5, 5.41) is 1.00. The molecule has 0 spiro atoms. The Morgan fingerprint density at radius 2 is 1.76 bits per heavy atom. The average Bonchev–Trinajstić information content (AvgIpc) is 2.81. The Morgan fingerprint density at radius 3 is 2.60 bits per heavy atom.